The summed E-state index contributed by atoms with van der Waals surface area (Å²) in [6, 6.07) is 15.6. The van der Waals surface area contributed by atoms with E-state index in [1.165, 1.54) is 0 Å². The van der Waals surface area contributed by atoms with Crippen LogP contribution in [0.2, 0.25) is 0 Å². The number of nitrogens with zero attached hydrogens (tertiary/aromatic N) is 3. The van der Waals surface area contributed by atoms with Gasteiger partial charge in [-0.15, -0.1) is 0 Å². The molecule has 15 heteroatoms. The van der Waals surface area contributed by atoms with Gasteiger partial charge < -0.3 is 45.4 Å². The first-order valence-electron chi connectivity index (χ1n) is 19.7. The van der Waals surface area contributed by atoms with Crippen molar-refractivity contribution in [1.82, 2.24) is 40.7 Å². The lowest BCUT2D eigenvalue weighted by Gasteiger charge is -2.35. The van der Waals surface area contributed by atoms with Crippen molar-refractivity contribution in [2.24, 2.45) is 0 Å². The van der Waals surface area contributed by atoms with Crippen LogP contribution in [0.15, 0.2) is 67.0 Å². The van der Waals surface area contributed by atoms with Crippen LogP contribution in [0.3, 0.4) is 0 Å². The molecule has 3 heterocycles. The number of rotatable bonds is 17. The number of fused-ring (bicyclic) bond motifs is 1. The Hall–Kier alpha value is -5.41. The number of aliphatic hydroxyl groups excluding tert-OH is 1. The Kier molecular flexibility index (Phi) is 14.7. The van der Waals surface area contributed by atoms with Crippen LogP contribution in [-0.4, -0.2) is 111 Å². The first-order chi connectivity index (χ1) is 27.2. The number of hydrogen-bond acceptors (Lipinski definition) is 9. The predicted molar refractivity (Wildman–Crippen MR) is 216 cm³/mol. The Morgan fingerprint density at radius 2 is 1.65 bits per heavy atom. The van der Waals surface area contributed by atoms with Gasteiger partial charge in [-0.3, -0.25) is 9.69 Å². The number of para-hydroxylation sites is 1. The zero-order valence-electron chi connectivity index (χ0n) is 33.7. The maximum absolute atomic E-state index is 14.0. The van der Waals surface area contributed by atoms with Gasteiger partial charge in [-0.2, -0.15) is 0 Å². The lowest BCUT2D eigenvalue weighted by molar-refractivity contribution is -0.159. The summed E-state index contributed by atoms with van der Waals surface area (Å²) in [6.07, 6.45) is 4.79. The molecule has 1 saturated heterocycles. The quantitative estimate of drug-likeness (QED) is 0.0651. The first-order valence-corrected chi connectivity index (χ1v) is 19.7. The van der Waals surface area contributed by atoms with Gasteiger partial charge in [0.1, 0.15) is 24.1 Å². The number of urea groups is 1. The van der Waals surface area contributed by atoms with Gasteiger partial charge in [0.05, 0.1) is 18.1 Å². The lowest BCUT2D eigenvalue weighted by Crippen LogP contribution is -2.52. The smallest absolute Gasteiger partial charge is 0.407 e. The standard InChI is InChI=1S/C42H58N8O7/c1-41(2,3)57-37(52)33(17-11-12-18-43-40(55)56-28-29-13-7-6-8-14-29)46-38(53)42(4,5)35-27-45-36(48-35)34(25-30-26-44-32-16-10-9-15-31(30)32)47-39(54)50-21-19-49(20-22-50)23-24-51/h6-10,13-16,26-27,33-34,44,51H,11-12,17-25,28H2,1-5H3,(H,43,55)(H,45,48)(H,46,53)(H,47,54). The average molecular weight is 787 g/mol. The number of benzene rings is 2. The van der Waals surface area contributed by atoms with Crippen LogP contribution in [0.5, 0.6) is 0 Å². The van der Waals surface area contributed by atoms with Crippen molar-refractivity contribution < 1.29 is 33.8 Å². The summed E-state index contributed by atoms with van der Waals surface area (Å²) in [6.45, 7) is 12.3. The third-order valence-corrected chi connectivity index (χ3v) is 10.0. The molecular weight excluding hydrogens is 729 g/mol. The average Bonchev–Trinajstić information content (AvgIpc) is 3.85. The van der Waals surface area contributed by atoms with Crippen molar-refractivity contribution in [2.45, 2.75) is 90.0 Å². The molecule has 1 aliphatic rings. The zero-order chi connectivity index (χ0) is 41.0. The summed E-state index contributed by atoms with van der Waals surface area (Å²) in [7, 11) is 0. The van der Waals surface area contributed by atoms with E-state index in [2.05, 4.69) is 35.8 Å². The minimum Gasteiger partial charge on any atom is -0.458 e. The number of hydrogen-bond donors (Lipinski definition) is 6. The number of ether oxygens (including phenoxy) is 2. The van der Waals surface area contributed by atoms with E-state index in [0.717, 1.165) is 22.0 Å². The van der Waals surface area contributed by atoms with E-state index in [1.54, 1.807) is 45.7 Å². The van der Waals surface area contributed by atoms with Crippen molar-refractivity contribution in [3.8, 4) is 0 Å². The molecular formula is C42H58N8O7. The SMILES string of the molecule is CC(C)(C)OC(=O)C(CCCCNC(=O)OCc1ccccc1)NC(=O)C(C)(C)c1cnc(C(Cc2c[nH]c3ccccc23)NC(=O)N2CCN(CCO)CC2)[nH]1. The summed E-state index contributed by atoms with van der Waals surface area (Å²) >= 11 is 0. The van der Waals surface area contributed by atoms with Crippen LogP contribution < -0.4 is 16.0 Å². The number of imidazole rings is 1. The fourth-order valence-corrected chi connectivity index (χ4v) is 6.65. The third kappa shape index (κ3) is 12.3. The van der Waals surface area contributed by atoms with Crippen molar-refractivity contribution >= 4 is 34.9 Å². The number of aromatic nitrogens is 3. The van der Waals surface area contributed by atoms with Gasteiger partial charge in [-0.05, 0) is 71.1 Å². The highest BCUT2D eigenvalue weighted by Gasteiger charge is 2.37. The molecule has 0 saturated carbocycles. The van der Waals surface area contributed by atoms with Crippen LogP contribution in [0.1, 0.15) is 82.6 Å². The normalized spacial score (nSPS) is 14.8. The molecule has 2 aromatic carbocycles. The molecule has 5 rings (SSSR count). The predicted octanol–water partition coefficient (Wildman–Crippen LogP) is 4.70. The van der Waals surface area contributed by atoms with Gasteiger partial charge in [0.15, 0.2) is 0 Å². The summed E-state index contributed by atoms with van der Waals surface area (Å²) < 4.78 is 11.0. The fraction of sp³-hybridized carbons (Fsp3) is 0.500. The van der Waals surface area contributed by atoms with E-state index in [4.69, 9.17) is 9.47 Å². The van der Waals surface area contributed by atoms with E-state index in [-0.39, 0.29) is 19.2 Å². The number of piperazine rings is 1. The number of esters is 1. The number of carbonyl (C=O) groups excluding carboxylic acids is 4. The highest BCUT2D eigenvalue weighted by atomic mass is 16.6. The Morgan fingerprint density at radius 3 is 2.37 bits per heavy atom. The molecule has 0 radical (unpaired) electrons. The molecule has 308 valence electrons. The van der Waals surface area contributed by atoms with E-state index >= 15 is 0 Å². The van der Waals surface area contributed by atoms with Gasteiger partial charge in [-0.25, -0.2) is 19.4 Å². The van der Waals surface area contributed by atoms with E-state index < -0.39 is 41.1 Å². The minimum atomic E-state index is -1.16. The van der Waals surface area contributed by atoms with Crippen molar-refractivity contribution in [1.29, 1.82) is 0 Å². The molecule has 2 unspecified atom stereocenters. The number of unbranched alkanes of at least 4 members (excludes halogenated alkanes) is 1. The molecule has 4 amide bonds. The van der Waals surface area contributed by atoms with Gasteiger partial charge in [0, 0.05) is 74.7 Å². The highest BCUT2D eigenvalue weighted by Crippen LogP contribution is 2.28. The Labute approximate surface area is 334 Å². The van der Waals surface area contributed by atoms with Crippen LogP contribution >= 0.6 is 0 Å². The molecule has 6 N–H and O–H groups in total. The van der Waals surface area contributed by atoms with Crippen molar-refractivity contribution in [3.05, 3.63) is 89.6 Å². The molecule has 1 aliphatic heterocycles. The van der Waals surface area contributed by atoms with E-state index in [0.29, 0.717) is 76.5 Å². The van der Waals surface area contributed by atoms with Crippen molar-refractivity contribution in [3.63, 3.8) is 0 Å². The summed E-state index contributed by atoms with van der Waals surface area (Å²) in [5, 5.41) is 19.2. The summed E-state index contributed by atoms with van der Waals surface area (Å²) in [5.74, 6) is -0.470. The molecule has 15 nitrogen and oxygen atoms in total. The summed E-state index contributed by atoms with van der Waals surface area (Å²) in [4.78, 5) is 68.4. The lowest BCUT2D eigenvalue weighted by atomic mass is 9.88. The zero-order valence-corrected chi connectivity index (χ0v) is 33.7. The highest BCUT2D eigenvalue weighted by molar-refractivity contribution is 5.91. The van der Waals surface area contributed by atoms with Gasteiger partial charge in [0.25, 0.3) is 0 Å². The second-order valence-corrected chi connectivity index (χ2v) is 16.0. The Morgan fingerprint density at radius 1 is 0.930 bits per heavy atom. The number of amides is 4. The monoisotopic (exact) mass is 786 g/mol. The Bertz CT molecular complexity index is 1930. The van der Waals surface area contributed by atoms with E-state index in [9.17, 15) is 24.3 Å². The number of aromatic amines is 2. The second-order valence-electron chi connectivity index (χ2n) is 16.0. The third-order valence-electron chi connectivity index (χ3n) is 10.0. The van der Waals surface area contributed by atoms with Crippen LogP contribution in [0.4, 0.5) is 9.59 Å². The molecule has 0 spiro atoms. The number of carbonyl (C=O) groups is 4. The minimum absolute atomic E-state index is 0.0725. The van der Waals surface area contributed by atoms with Crippen LogP contribution in [-0.2, 0) is 37.5 Å². The topological polar surface area (TPSA) is 194 Å². The number of alkyl carbamates (subject to hydrolysis) is 1. The number of β-amino-alcohol motifs (C(OH)–C–C–N with tert-alkyl or cyclic N) is 1. The number of nitrogens with one attached hydrogen (secondary N) is 5. The first kappa shape index (κ1) is 42.7. The maximum atomic E-state index is 14.0. The summed E-state index contributed by atoms with van der Waals surface area (Å²) in [5.41, 5.74) is 1.44. The maximum Gasteiger partial charge on any atom is 0.407 e. The molecule has 4 aromatic rings. The Balaban J connectivity index is 1.24. The van der Waals surface area contributed by atoms with Crippen LogP contribution in [0.25, 0.3) is 10.9 Å². The second kappa shape index (κ2) is 19.6. The fourth-order valence-electron chi connectivity index (χ4n) is 6.65. The van der Waals surface area contributed by atoms with Gasteiger partial charge in [-0.1, -0.05) is 48.5 Å². The molecule has 2 atom stereocenters. The van der Waals surface area contributed by atoms with Gasteiger partial charge >= 0.3 is 18.1 Å². The molecule has 57 heavy (non-hydrogen) atoms. The molecule has 2 aromatic heterocycles. The number of aliphatic hydroxyl groups is 1. The van der Waals surface area contributed by atoms with E-state index in [1.807, 2.05) is 60.8 Å². The van der Waals surface area contributed by atoms with Crippen LogP contribution in [0, 0.1) is 0 Å². The van der Waals surface area contributed by atoms with Gasteiger partial charge in [0.2, 0.25) is 5.91 Å². The van der Waals surface area contributed by atoms with Crippen molar-refractivity contribution in [2.75, 3.05) is 45.9 Å². The molecule has 1 fully saturated rings. The molecule has 0 bridgehead atoms. The largest absolute Gasteiger partial charge is 0.458 e. The number of H-pyrrole nitrogens is 2. The molecule has 0 aliphatic carbocycles.